The molecule has 4 heteroatoms. The number of hydrogen-bond acceptors (Lipinski definition) is 3. The van der Waals surface area contributed by atoms with E-state index in [1.807, 2.05) is 18.3 Å². The summed E-state index contributed by atoms with van der Waals surface area (Å²) >= 11 is 3.58. The lowest BCUT2D eigenvalue weighted by Crippen LogP contribution is -2.18. The van der Waals surface area contributed by atoms with Gasteiger partial charge in [0, 0.05) is 34.0 Å². The van der Waals surface area contributed by atoms with Gasteiger partial charge < -0.3 is 11.1 Å². The molecular weight excluding hydrogens is 302 g/mol. The van der Waals surface area contributed by atoms with Crippen LogP contribution < -0.4 is 11.1 Å². The molecule has 1 aromatic carbocycles. The molecule has 0 spiro atoms. The summed E-state index contributed by atoms with van der Waals surface area (Å²) in [6, 6.07) is 8.64. The minimum absolute atomic E-state index is 0.390. The van der Waals surface area contributed by atoms with Gasteiger partial charge in [-0.1, -0.05) is 28.1 Å². The van der Waals surface area contributed by atoms with E-state index in [1.165, 1.54) is 17.2 Å². The second kappa shape index (κ2) is 5.47. The van der Waals surface area contributed by atoms with E-state index in [2.05, 4.69) is 38.4 Å². The molecule has 19 heavy (non-hydrogen) atoms. The van der Waals surface area contributed by atoms with Gasteiger partial charge in [0.15, 0.2) is 0 Å². The van der Waals surface area contributed by atoms with Crippen molar-refractivity contribution in [2.24, 2.45) is 11.7 Å². The first-order chi connectivity index (χ1) is 9.24. The van der Waals surface area contributed by atoms with E-state index < -0.39 is 0 Å². The Kier molecular flexibility index (Phi) is 3.71. The summed E-state index contributed by atoms with van der Waals surface area (Å²) in [5.74, 6) is 1.65. The molecule has 2 unspecified atom stereocenters. The number of halogens is 1. The van der Waals surface area contributed by atoms with E-state index in [9.17, 15) is 0 Å². The highest BCUT2D eigenvalue weighted by atomic mass is 79.9. The van der Waals surface area contributed by atoms with Gasteiger partial charge in [0.05, 0.1) is 0 Å². The summed E-state index contributed by atoms with van der Waals surface area (Å²) in [6.45, 7) is 0.965. The quantitative estimate of drug-likeness (QED) is 0.909. The normalized spacial score (nSPS) is 22.8. The zero-order valence-corrected chi connectivity index (χ0v) is 12.4. The number of fused-ring (bicyclic) bond motifs is 1. The molecule has 1 saturated carbocycles. The Morgan fingerprint density at radius 2 is 2.16 bits per heavy atom. The first-order valence-corrected chi connectivity index (χ1v) is 7.56. The highest BCUT2D eigenvalue weighted by Crippen LogP contribution is 2.29. The van der Waals surface area contributed by atoms with Crippen molar-refractivity contribution in [2.45, 2.75) is 25.3 Å². The van der Waals surface area contributed by atoms with Crippen molar-refractivity contribution >= 4 is 32.5 Å². The average Bonchev–Trinajstić information content (AvgIpc) is 2.83. The fourth-order valence-electron chi connectivity index (χ4n) is 2.85. The summed E-state index contributed by atoms with van der Waals surface area (Å²) < 4.78 is 1.11. The van der Waals surface area contributed by atoms with Crippen molar-refractivity contribution in [2.75, 3.05) is 11.9 Å². The van der Waals surface area contributed by atoms with Gasteiger partial charge in [-0.2, -0.15) is 0 Å². The first kappa shape index (κ1) is 12.9. The molecule has 0 radical (unpaired) electrons. The lowest BCUT2D eigenvalue weighted by molar-refractivity contribution is 0.565. The SMILES string of the molecule is NC1CCC(CNc2nccc3c(Br)cccc23)C1. The minimum Gasteiger partial charge on any atom is -0.369 e. The molecule has 3 N–H and O–H groups in total. The summed E-state index contributed by atoms with van der Waals surface area (Å²) in [4.78, 5) is 4.46. The number of nitrogens with two attached hydrogens (primary N) is 1. The van der Waals surface area contributed by atoms with Gasteiger partial charge in [0.1, 0.15) is 5.82 Å². The Morgan fingerprint density at radius 1 is 1.26 bits per heavy atom. The average molecular weight is 320 g/mol. The van der Waals surface area contributed by atoms with Crippen molar-refractivity contribution in [3.63, 3.8) is 0 Å². The lowest BCUT2D eigenvalue weighted by Gasteiger charge is -2.13. The topological polar surface area (TPSA) is 50.9 Å². The van der Waals surface area contributed by atoms with Gasteiger partial charge in [-0.15, -0.1) is 0 Å². The van der Waals surface area contributed by atoms with E-state index in [0.717, 1.165) is 29.7 Å². The summed E-state index contributed by atoms with van der Waals surface area (Å²) in [5, 5.41) is 5.85. The van der Waals surface area contributed by atoms with Gasteiger partial charge in [-0.05, 0) is 37.3 Å². The number of rotatable bonds is 3. The van der Waals surface area contributed by atoms with Crippen LogP contribution in [0.15, 0.2) is 34.9 Å². The molecule has 2 aromatic rings. The maximum atomic E-state index is 5.95. The van der Waals surface area contributed by atoms with Gasteiger partial charge >= 0.3 is 0 Å². The molecule has 1 heterocycles. The zero-order chi connectivity index (χ0) is 13.2. The van der Waals surface area contributed by atoms with Crippen LogP contribution in [0.5, 0.6) is 0 Å². The number of anilines is 1. The van der Waals surface area contributed by atoms with Gasteiger partial charge in [-0.25, -0.2) is 4.98 Å². The maximum Gasteiger partial charge on any atom is 0.133 e. The minimum atomic E-state index is 0.390. The van der Waals surface area contributed by atoms with Crippen molar-refractivity contribution in [1.82, 2.24) is 4.98 Å². The summed E-state index contributed by atoms with van der Waals surface area (Å²) in [5.41, 5.74) is 5.95. The number of pyridine rings is 1. The molecule has 0 saturated heterocycles. The molecule has 0 bridgehead atoms. The molecule has 3 nitrogen and oxygen atoms in total. The molecule has 0 amide bonds. The van der Waals surface area contributed by atoms with Crippen LogP contribution in [0.2, 0.25) is 0 Å². The Morgan fingerprint density at radius 3 is 2.95 bits per heavy atom. The highest BCUT2D eigenvalue weighted by Gasteiger charge is 2.21. The smallest absolute Gasteiger partial charge is 0.133 e. The third-order valence-corrected chi connectivity index (χ3v) is 4.58. The molecule has 100 valence electrons. The summed E-state index contributed by atoms with van der Waals surface area (Å²) in [7, 11) is 0. The molecule has 2 atom stereocenters. The number of nitrogens with one attached hydrogen (secondary N) is 1. The van der Waals surface area contributed by atoms with Crippen LogP contribution in [0, 0.1) is 5.92 Å². The van der Waals surface area contributed by atoms with Crippen molar-refractivity contribution < 1.29 is 0 Å². The Labute approximate surface area is 121 Å². The summed E-state index contributed by atoms with van der Waals surface area (Å²) in [6.07, 6.45) is 5.36. The van der Waals surface area contributed by atoms with Crippen molar-refractivity contribution in [3.8, 4) is 0 Å². The van der Waals surface area contributed by atoms with E-state index in [0.29, 0.717) is 12.0 Å². The standard InChI is InChI=1S/C15H18BrN3/c16-14-3-1-2-13-12(14)6-7-18-15(13)19-9-10-4-5-11(17)8-10/h1-3,6-7,10-11H,4-5,8-9,17H2,(H,18,19). The fraction of sp³-hybridized carbons (Fsp3) is 0.400. The molecule has 1 aliphatic rings. The van der Waals surface area contributed by atoms with Gasteiger partial charge in [0.25, 0.3) is 0 Å². The van der Waals surface area contributed by atoms with Crippen molar-refractivity contribution in [1.29, 1.82) is 0 Å². The number of benzene rings is 1. The predicted molar refractivity (Wildman–Crippen MR) is 83.2 cm³/mol. The Balaban J connectivity index is 1.79. The number of aromatic nitrogens is 1. The predicted octanol–water partition coefficient (Wildman–Crippen LogP) is 3.54. The van der Waals surface area contributed by atoms with Crippen LogP contribution >= 0.6 is 15.9 Å². The number of nitrogens with zero attached hydrogens (tertiary/aromatic N) is 1. The van der Waals surface area contributed by atoms with E-state index in [1.54, 1.807) is 0 Å². The van der Waals surface area contributed by atoms with Crippen LogP contribution in [0.1, 0.15) is 19.3 Å². The third kappa shape index (κ3) is 2.74. The fourth-order valence-corrected chi connectivity index (χ4v) is 3.35. The van der Waals surface area contributed by atoms with Crippen molar-refractivity contribution in [3.05, 3.63) is 34.9 Å². The molecule has 3 rings (SSSR count). The second-order valence-electron chi connectivity index (χ2n) is 5.31. The van der Waals surface area contributed by atoms with Crippen LogP contribution in [0.25, 0.3) is 10.8 Å². The Bertz CT molecular complexity index is 585. The van der Waals surface area contributed by atoms with Crippen LogP contribution in [0.3, 0.4) is 0 Å². The zero-order valence-electron chi connectivity index (χ0n) is 10.8. The van der Waals surface area contributed by atoms with Crippen LogP contribution in [-0.2, 0) is 0 Å². The Hall–Kier alpha value is -1.13. The largest absolute Gasteiger partial charge is 0.369 e. The molecule has 1 fully saturated rings. The first-order valence-electron chi connectivity index (χ1n) is 6.76. The van der Waals surface area contributed by atoms with Gasteiger partial charge in [0.2, 0.25) is 0 Å². The van der Waals surface area contributed by atoms with Gasteiger partial charge in [-0.3, -0.25) is 0 Å². The third-order valence-electron chi connectivity index (χ3n) is 3.89. The maximum absolute atomic E-state index is 5.95. The number of hydrogen-bond donors (Lipinski definition) is 2. The second-order valence-corrected chi connectivity index (χ2v) is 6.17. The lowest BCUT2D eigenvalue weighted by atomic mass is 10.1. The van der Waals surface area contributed by atoms with Crippen LogP contribution in [0.4, 0.5) is 5.82 Å². The molecular formula is C15H18BrN3. The molecule has 0 aliphatic heterocycles. The van der Waals surface area contributed by atoms with E-state index in [-0.39, 0.29) is 0 Å². The van der Waals surface area contributed by atoms with E-state index in [4.69, 9.17) is 5.73 Å². The molecule has 1 aliphatic carbocycles. The van der Waals surface area contributed by atoms with E-state index >= 15 is 0 Å². The molecule has 1 aromatic heterocycles. The highest BCUT2D eigenvalue weighted by molar-refractivity contribution is 9.10. The monoisotopic (exact) mass is 319 g/mol. The van der Waals surface area contributed by atoms with Crippen LogP contribution in [-0.4, -0.2) is 17.6 Å².